The van der Waals surface area contributed by atoms with Gasteiger partial charge in [0.2, 0.25) is 11.8 Å². The van der Waals surface area contributed by atoms with Gasteiger partial charge < -0.3 is 14.9 Å². The minimum atomic E-state index is -0.368. The van der Waals surface area contributed by atoms with Crippen LogP contribution in [0.1, 0.15) is 42.0 Å². The first-order valence-corrected chi connectivity index (χ1v) is 6.86. The third-order valence-electron chi connectivity index (χ3n) is 3.56. The molecule has 2 aromatic rings. The Labute approximate surface area is 122 Å². The van der Waals surface area contributed by atoms with Crippen LogP contribution in [-0.4, -0.2) is 10.2 Å². The number of hydrogen-bond acceptors (Lipinski definition) is 5. The van der Waals surface area contributed by atoms with Crippen LogP contribution in [0.3, 0.4) is 0 Å². The lowest BCUT2D eigenvalue weighted by Crippen LogP contribution is -2.21. The molecule has 0 spiro atoms. The fourth-order valence-electron chi connectivity index (χ4n) is 2.64. The molecule has 3 rings (SSSR count). The quantitative estimate of drug-likeness (QED) is 0.901. The number of H-pyrrole nitrogens is 1. The Morgan fingerprint density at radius 1 is 1.48 bits per heavy atom. The summed E-state index contributed by atoms with van der Waals surface area (Å²) in [6.45, 7) is 3.95. The van der Waals surface area contributed by atoms with E-state index in [1.807, 2.05) is 19.1 Å². The third kappa shape index (κ3) is 2.07. The molecule has 0 aromatic carbocycles. The van der Waals surface area contributed by atoms with Gasteiger partial charge in [-0.1, -0.05) is 13.3 Å². The second-order valence-corrected chi connectivity index (χ2v) is 5.04. The van der Waals surface area contributed by atoms with Crippen molar-refractivity contribution in [3.8, 4) is 11.9 Å². The van der Waals surface area contributed by atoms with Crippen LogP contribution in [0.5, 0.6) is 5.88 Å². The number of rotatable bonds is 3. The molecule has 108 valence electrons. The van der Waals surface area contributed by atoms with E-state index >= 15 is 0 Å². The smallest absolute Gasteiger partial charge is 0.244 e. The topological polar surface area (TPSA) is 101 Å². The Bertz CT molecular complexity index is 748. The Morgan fingerprint density at radius 3 is 2.90 bits per heavy atom. The van der Waals surface area contributed by atoms with Gasteiger partial charge in [-0.05, 0) is 25.5 Å². The van der Waals surface area contributed by atoms with Crippen molar-refractivity contribution in [3.05, 3.63) is 46.4 Å². The molecule has 0 bridgehead atoms. The van der Waals surface area contributed by atoms with E-state index < -0.39 is 0 Å². The molecule has 6 nitrogen and oxygen atoms in total. The first-order valence-electron chi connectivity index (χ1n) is 6.86. The first kappa shape index (κ1) is 13.3. The number of ether oxygens (including phenoxy) is 1. The first-order chi connectivity index (χ1) is 10.2. The Kier molecular flexibility index (Phi) is 3.18. The molecule has 0 saturated carbocycles. The van der Waals surface area contributed by atoms with Crippen LogP contribution in [0.2, 0.25) is 0 Å². The highest BCUT2D eigenvalue weighted by Gasteiger charge is 2.36. The molecule has 3 heterocycles. The minimum Gasteiger partial charge on any atom is -0.465 e. The molecule has 0 amide bonds. The lowest BCUT2D eigenvalue weighted by atomic mass is 9.87. The zero-order valence-corrected chi connectivity index (χ0v) is 11.9. The van der Waals surface area contributed by atoms with Crippen LogP contribution in [0.25, 0.3) is 0 Å². The van der Waals surface area contributed by atoms with E-state index in [-0.39, 0.29) is 11.8 Å². The number of aryl methyl sites for hydroxylation is 2. The van der Waals surface area contributed by atoms with E-state index in [1.54, 1.807) is 0 Å². The lowest BCUT2D eigenvalue weighted by Gasteiger charge is -2.22. The zero-order valence-electron chi connectivity index (χ0n) is 11.9. The zero-order chi connectivity index (χ0) is 15.0. The number of fused-ring (bicyclic) bond motifs is 1. The molecule has 6 heteroatoms. The van der Waals surface area contributed by atoms with Crippen LogP contribution in [0.4, 0.5) is 0 Å². The highest BCUT2D eigenvalue weighted by atomic mass is 16.5. The van der Waals surface area contributed by atoms with Gasteiger partial charge in [0.05, 0.1) is 11.5 Å². The molecular weight excluding hydrogens is 268 g/mol. The number of hydrogen-bond donors (Lipinski definition) is 2. The molecular formula is C15H16N4O2. The number of allylic oxidation sites excluding steroid dienone is 1. The highest BCUT2D eigenvalue weighted by Crippen LogP contribution is 2.43. The van der Waals surface area contributed by atoms with Crippen LogP contribution in [0.15, 0.2) is 28.0 Å². The summed E-state index contributed by atoms with van der Waals surface area (Å²) >= 11 is 0. The predicted octanol–water partition coefficient (Wildman–Crippen LogP) is 2.48. The van der Waals surface area contributed by atoms with Crippen molar-refractivity contribution in [1.82, 2.24) is 10.2 Å². The monoisotopic (exact) mass is 284 g/mol. The summed E-state index contributed by atoms with van der Waals surface area (Å²) in [4.78, 5) is 0. The van der Waals surface area contributed by atoms with E-state index in [1.165, 1.54) is 0 Å². The van der Waals surface area contributed by atoms with Gasteiger partial charge in [0, 0.05) is 5.69 Å². The molecule has 2 aromatic heterocycles. The van der Waals surface area contributed by atoms with Crippen molar-refractivity contribution in [2.24, 2.45) is 5.73 Å². The number of nitrogens with one attached hydrogen (secondary N) is 1. The van der Waals surface area contributed by atoms with Gasteiger partial charge in [-0.25, -0.2) is 0 Å². The van der Waals surface area contributed by atoms with Gasteiger partial charge in [-0.3, -0.25) is 5.10 Å². The van der Waals surface area contributed by atoms with Gasteiger partial charge in [0.1, 0.15) is 23.2 Å². The van der Waals surface area contributed by atoms with Crippen molar-refractivity contribution < 1.29 is 9.15 Å². The largest absolute Gasteiger partial charge is 0.465 e. The summed E-state index contributed by atoms with van der Waals surface area (Å²) in [5.74, 6) is 1.60. The number of nitrogens with zero attached hydrogens (tertiary/aromatic N) is 2. The van der Waals surface area contributed by atoms with E-state index in [0.29, 0.717) is 17.2 Å². The predicted molar refractivity (Wildman–Crippen MR) is 75.3 cm³/mol. The summed E-state index contributed by atoms with van der Waals surface area (Å²) in [6.07, 6.45) is 1.78. The molecule has 21 heavy (non-hydrogen) atoms. The molecule has 3 N–H and O–H groups in total. The molecule has 0 radical (unpaired) electrons. The average Bonchev–Trinajstić information content (AvgIpc) is 3.05. The van der Waals surface area contributed by atoms with Gasteiger partial charge in [0.25, 0.3) is 0 Å². The van der Waals surface area contributed by atoms with Crippen molar-refractivity contribution in [2.75, 3.05) is 0 Å². The van der Waals surface area contributed by atoms with Crippen LogP contribution in [0, 0.1) is 18.3 Å². The average molecular weight is 284 g/mol. The molecule has 0 saturated heterocycles. The number of nitrogens with two attached hydrogens (primary N) is 1. The van der Waals surface area contributed by atoms with Crippen molar-refractivity contribution in [3.63, 3.8) is 0 Å². The Balaban J connectivity index is 2.19. The van der Waals surface area contributed by atoms with Crippen molar-refractivity contribution in [2.45, 2.75) is 32.6 Å². The number of nitriles is 1. The third-order valence-corrected chi connectivity index (χ3v) is 3.56. The Morgan fingerprint density at radius 2 is 2.29 bits per heavy atom. The number of furan rings is 1. The van der Waals surface area contributed by atoms with Crippen LogP contribution >= 0.6 is 0 Å². The fourth-order valence-corrected chi connectivity index (χ4v) is 2.64. The standard InChI is InChI=1S/C15H16N4O2/c1-3-4-10-13-12(11-6-5-8(2)20-11)9(7-16)14(17)21-15(13)19-18-10/h5-6,12H,3-4,17H2,1-2H3,(H,18,19). The molecule has 1 unspecified atom stereocenters. The molecule has 1 atom stereocenters. The maximum Gasteiger partial charge on any atom is 0.244 e. The molecule has 0 aliphatic carbocycles. The van der Waals surface area contributed by atoms with E-state index in [9.17, 15) is 5.26 Å². The minimum absolute atomic E-state index is 0.0820. The van der Waals surface area contributed by atoms with Crippen molar-refractivity contribution in [1.29, 1.82) is 5.26 Å². The normalized spacial score (nSPS) is 17.3. The van der Waals surface area contributed by atoms with E-state index in [0.717, 1.165) is 29.9 Å². The van der Waals surface area contributed by atoms with Crippen LogP contribution < -0.4 is 10.5 Å². The van der Waals surface area contributed by atoms with E-state index in [4.69, 9.17) is 14.9 Å². The van der Waals surface area contributed by atoms with Crippen molar-refractivity contribution >= 4 is 0 Å². The van der Waals surface area contributed by atoms with Gasteiger partial charge in [-0.15, -0.1) is 5.10 Å². The lowest BCUT2D eigenvalue weighted by molar-refractivity contribution is 0.369. The maximum absolute atomic E-state index is 9.44. The van der Waals surface area contributed by atoms with Gasteiger partial charge in [-0.2, -0.15) is 5.26 Å². The van der Waals surface area contributed by atoms with Gasteiger partial charge >= 0.3 is 0 Å². The fraction of sp³-hybridized carbons (Fsp3) is 0.333. The van der Waals surface area contributed by atoms with Crippen LogP contribution in [-0.2, 0) is 6.42 Å². The summed E-state index contributed by atoms with van der Waals surface area (Å²) in [5, 5.41) is 16.6. The highest BCUT2D eigenvalue weighted by molar-refractivity contribution is 5.53. The SMILES string of the molecule is CCCc1[nH]nc2c1C(c1ccc(C)o1)C(C#N)=C(N)O2. The summed E-state index contributed by atoms with van der Waals surface area (Å²) in [6, 6.07) is 5.87. The second kappa shape index (κ2) is 5.02. The summed E-state index contributed by atoms with van der Waals surface area (Å²) in [7, 11) is 0. The molecule has 1 aliphatic heterocycles. The number of aromatic nitrogens is 2. The molecule has 1 aliphatic rings. The summed E-state index contributed by atoms with van der Waals surface area (Å²) in [5.41, 5.74) is 8.01. The molecule has 0 fully saturated rings. The van der Waals surface area contributed by atoms with Gasteiger partial charge in [0.15, 0.2) is 0 Å². The summed E-state index contributed by atoms with van der Waals surface area (Å²) < 4.78 is 11.2. The Hall–Kier alpha value is -2.68. The van der Waals surface area contributed by atoms with E-state index in [2.05, 4.69) is 23.2 Å². The maximum atomic E-state index is 9.44. The second-order valence-electron chi connectivity index (χ2n) is 5.04. The number of aromatic amines is 1.